The predicted molar refractivity (Wildman–Crippen MR) is 124 cm³/mol. The van der Waals surface area contributed by atoms with Crippen molar-refractivity contribution in [3.05, 3.63) is 84.3 Å². The first-order valence-corrected chi connectivity index (χ1v) is 9.95. The highest BCUT2D eigenvalue weighted by Crippen LogP contribution is 2.22. The van der Waals surface area contributed by atoms with Crippen LogP contribution in [0.2, 0.25) is 0 Å². The van der Waals surface area contributed by atoms with Crippen LogP contribution in [0.3, 0.4) is 0 Å². The molecule has 0 spiro atoms. The van der Waals surface area contributed by atoms with Crippen LogP contribution in [-0.2, 0) is 4.79 Å². The largest absolute Gasteiger partial charge is 0.378 e. The minimum absolute atomic E-state index is 0.188. The molecule has 1 rings (SSSR count). The number of amidine groups is 1. The van der Waals surface area contributed by atoms with Crippen molar-refractivity contribution < 1.29 is 4.79 Å². The molecule has 0 unspecified atom stereocenters. The molecule has 156 valence electrons. The second-order valence-electron chi connectivity index (χ2n) is 6.60. The molecule has 5 heteroatoms. The first kappa shape index (κ1) is 24.0. The zero-order valence-corrected chi connectivity index (χ0v) is 18.6. The third-order valence-corrected chi connectivity index (χ3v) is 4.21. The molecule has 1 heterocycles. The minimum atomic E-state index is -0.188. The summed E-state index contributed by atoms with van der Waals surface area (Å²) in [4.78, 5) is 17.1. The molecular formula is C24H34N4O. The number of hydrogen-bond acceptors (Lipinski definition) is 4. The molecule has 5 nitrogen and oxygen atoms in total. The average molecular weight is 395 g/mol. The van der Waals surface area contributed by atoms with E-state index in [-0.39, 0.29) is 5.91 Å². The molecule has 1 aliphatic heterocycles. The number of likely N-dealkylation sites (N-methyl/N-ethyl adjacent to an activating group) is 1. The molecule has 0 N–H and O–H groups in total. The summed E-state index contributed by atoms with van der Waals surface area (Å²) < 4.78 is 0. The fourth-order valence-electron chi connectivity index (χ4n) is 2.62. The average Bonchev–Trinajstić information content (AvgIpc) is 3.02. The maximum atomic E-state index is 13.0. The summed E-state index contributed by atoms with van der Waals surface area (Å²) in [5.74, 6) is 0.422. The fraction of sp³-hybridized carbons (Fsp3) is 0.333. The Labute approximate surface area is 176 Å². The van der Waals surface area contributed by atoms with Crippen molar-refractivity contribution in [1.29, 1.82) is 0 Å². The Bertz CT molecular complexity index is 788. The van der Waals surface area contributed by atoms with E-state index in [0.717, 1.165) is 18.7 Å². The van der Waals surface area contributed by atoms with Gasteiger partial charge in [-0.05, 0) is 57.7 Å². The van der Waals surface area contributed by atoms with Crippen LogP contribution in [0, 0.1) is 0 Å². The molecular weight excluding hydrogens is 360 g/mol. The molecule has 0 aromatic carbocycles. The number of hydrogen-bond donors (Lipinski definition) is 0. The van der Waals surface area contributed by atoms with Crippen molar-refractivity contribution in [1.82, 2.24) is 14.8 Å². The number of allylic oxidation sites excluding steroid dienone is 10. The fourth-order valence-corrected chi connectivity index (χ4v) is 2.62. The lowest BCUT2D eigenvalue weighted by molar-refractivity contribution is -0.123. The SMILES string of the molecule is C=C(/C=C\C=C/C)N1N=C(N(C)C)/C(=C/C(/C=C\C)=C/C=C/N(CC)CC)C1=O. The molecule has 29 heavy (non-hydrogen) atoms. The van der Waals surface area contributed by atoms with Crippen LogP contribution in [0.25, 0.3) is 0 Å². The zero-order valence-electron chi connectivity index (χ0n) is 18.6. The Morgan fingerprint density at radius 2 is 1.76 bits per heavy atom. The lowest BCUT2D eigenvalue weighted by atomic mass is 10.1. The van der Waals surface area contributed by atoms with Crippen molar-refractivity contribution in [2.45, 2.75) is 27.7 Å². The third-order valence-electron chi connectivity index (χ3n) is 4.21. The van der Waals surface area contributed by atoms with Crippen LogP contribution in [0.1, 0.15) is 27.7 Å². The molecule has 0 fully saturated rings. The van der Waals surface area contributed by atoms with Gasteiger partial charge in [-0.1, -0.05) is 43.0 Å². The monoisotopic (exact) mass is 394 g/mol. The molecule has 0 saturated heterocycles. The first-order valence-electron chi connectivity index (χ1n) is 9.95. The molecule has 1 amide bonds. The van der Waals surface area contributed by atoms with Crippen LogP contribution in [0.5, 0.6) is 0 Å². The van der Waals surface area contributed by atoms with Crippen LogP contribution in [-0.4, -0.2) is 53.7 Å². The highest BCUT2D eigenvalue weighted by molar-refractivity contribution is 6.24. The van der Waals surface area contributed by atoms with Crippen molar-refractivity contribution in [3.63, 3.8) is 0 Å². The molecule has 0 atom stereocenters. The maximum absolute atomic E-state index is 13.0. The quantitative estimate of drug-likeness (QED) is 0.423. The number of carbonyl (C=O) groups excluding carboxylic acids is 1. The Hall–Kier alpha value is -3.08. The topological polar surface area (TPSA) is 39.1 Å². The van der Waals surface area contributed by atoms with Crippen LogP contribution in [0.15, 0.2) is 89.4 Å². The van der Waals surface area contributed by atoms with Gasteiger partial charge in [0, 0.05) is 27.2 Å². The molecule has 0 aliphatic carbocycles. The third kappa shape index (κ3) is 7.11. The maximum Gasteiger partial charge on any atom is 0.282 e. The van der Waals surface area contributed by atoms with Gasteiger partial charge in [-0.15, -0.1) is 5.10 Å². The summed E-state index contributed by atoms with van der Waals surface area (Å²) in [6, 6.07) is 0. The van der Waals surface area contributed by atoms with Gasteiger partial charge < -0.3 is 9.80 Å². The van der Waals surface area contributed by atoms with E-state index in [2.05, 4.69) is 36.6 Å². The summed E-state index contributed by atoms with van der Waals surface area (Å²) in [7, 11) is 3.75. The highest BCUT2D eigenvalue weighted by atomic mass is 16.2. The summed E-state index contributed by atoms with van der Waals surface area (Å²) in [5.41, 5.74) is 1.98. The Kier molecular flexibility index (Phi) is 10.2. The number of rotatable bonds is 9. The normalized spacial score (nSPS) is 17.0. The van der Waals surface area contributed by atoms with E-state index in [9.17, 15) is 4.79 Å². The number of carbonyl (C=O) groups is 1. The predicted octanol–water partition coefficient (Wildman–Crippen LogP) is 4.63. The van der Waals surface area contributed by atoms with Crippen molar-refractivity contribution in [2.24, 2.45) is 5.10 Å². The van der Waals surface area contributed by atoms with Gasteiger partial charge in [-0.25, -0.2) is 0 Å². The van der Waals surface area contributed by atoms with Gasteiger partial charge >= 0.3 is 0 Å². The summed E-state index contributed by atoms with van der Waals surface area (Å²) in [6.45, 7) is 14.0. The van der Waals surface area contributed by atoms with Crippen LogP contribution in [0.4, 0.5) is 0 Å². The van der Waals surface area contributed by atoms with Gasteiger partial charge in [-0.2, -0.15) is 5.01 Å². The number of hydrazone groups is 1. The Morgan fingerprint density at radius 1 is 1.07 bits per heavy atom. The Morgan fingerprint density at radius 3 is 2.31 bits per heavy atom. The highest BCUT2D eigenvalue weighted by Gasteiger charge is 2.32. The molecule has 0 radical (unpaired) electrons. The molecule has 0 aromatic heterocycles. The van der Waals surface area contributed by atoms with Gasteiger partial charge in [0.1, 0.15) is 0 Å². The lowest BCUT2D eigenvalue weighted by Crippen LogP contribution is -2.24. The van der Waals surface area contributed by atoms with E-state index < -0.39 is 0 Å². The van der Waals surface area contributed by atoms with E-state index in [0.29, 0.717) is 17.1 Å². The summed E-state index contributed by atoms with van der Waals surface area (Å²) >= 11 is 0. The van der Waals surface area contributed by atoms with E-state index in [1.165, 1.54) is 5.01 Å². The number of amides is 1. The van der Waals surface area contributed by atoms with Crippen LogP contribution >= 0.6 is 0 Å². The van der Waals surface area contributed by atoms with Crippen molar-refractivity contribution in [3.8, 4) is 0 Å². The van der Waals surface area contributed by atoms with Crippen molar-refractivity contribution >= 4 is 11.7 Å². The summed E-state index contributed by atoms with van der Waals surface area (Å²) in [5, 5.41) is 5.83. The molecule has 0 saturated carbocycles. The molecule has 0 aromatic rings. The standard InChI is InChI=1S/C24H34N4O/c1-8-12-13-16-20(5)28-24(29)22(23(25-28)26(6)7)19-21(15-9-2)17-14-18-27(10-3)11-4/h8-9,12-19H,5,10-11H2,1-4,6-7H3/b12-8-,15-9-,16-13-,18-14+,21-17+,22-19-. The Balaban J connectivity index is 3.25. The van der Waals surface area contributed by atoms with Gasteiger partial charge in [0.2, 0.25) is 0 Å². The number of nitrogens with zero attached hydrogens (tertiary/aromatic N) is 4. The first-order chi connectivity index (χ1) is 13.9. The van der Waals surface area contributed by atoms with Crippen molar-refractivity contribution in [2.75, 3.05) is 27.2 Å². The van der Waals surface area contributed by atoms with E-state index in [4.69, 9.17) is 0 Å². The van der Waals surface area contributed by atoms with Gasteiger partial charge in [0.15, 0.2) is 5.84 Å². The zero-order chi connectivity index (χ0) is 21.8. The lowest BCUT2D eigenvalue weighted by Gasteiger charge is -2.14. The van der Waals surface area contributed by atoms with Crippen LogP contribution < -0.4 is 0 Å². The molecule has 0 bridgehead atoms. The molecule has 1 aliphatic rings. The van der Waals surface area contributed by atoms with E-state index in [1.54, 1.807) is 6.08 Å². The van der Waals surface area contributed by atoms with Gasteiger partial charge in [-0.3, -0.25) is 4.79 Å². The van der Waals surface area contributed by atoms with Gasteiger partial charge in [0.25, 0.3) is 5.91 Å². The van der Waals surface area contributed by atoms with E-state index >= 15 is 0 Å². The second-order valence-corrected chi connectivity index (χ2v) is 6.60. The van der Waals surface area contributed by atoms with E-state index in [1.807, 2.05) is 81.5 Å². The second kappa shape index (κ2) is 12.4. The summed E-state index contributed by atoms with van der Waals surface area (Å²) in [6.07, 6.45) is 19.3. The smallest absolute Gasteiger partial charge is 0.282 e. The van der Waals surface area contributed by atoms with Gasteiger partial charge in [0.05, 0.1) is 11.3 Å². The minimum Gasteiger partial charge on any atom is -0.378 e.